The third-order valence-electron chi connectivity index (χ3n) is 1.99. The van der Waals surface area contributed by atoms with Crippen LogP contribution in [0.5, 0.6) is 0 Å². The Kier molecular flexibility index (Phi) is 4.55. The molecule has 3 nitrogen and oxygen atoms in total. The third kappa shape index (κ3) is 3.48. The van der Waals surface area contributed by atoms with Crippen molar-refractivity contribution in [3.63, 3.8) is 0 Å². The van der Waals surface area contributed by atoms with Crippen LogP contribution in [0.4, 0.5) is 5.69 Å². The first-order valence-electron chi connectivity index (χ1n) is 4.64. The highest BCUT2D eigenvalue weighted by Gasteiger charge is 2.19. The van der Waals surface area contributed by atoms with Gasteiger partial charge >= 0.3 is 0 Å². The number of nitrogens with one attached hydrogen (secondary N) is 1. The molecule has 0 bridgehead atoms. The van der Waals surface area contributed by atoms with Gasteiger partial charge in [-0.1, -0.05) is 46.4 Å². The van der Waals surface area contributed by atoms with E-state index in [4.69, 9.17) is 46.4 Å². The summed E-state index contributed by atoms with van der Waals surface area (Å²) in [6, 6.07) is 6.66. The monoisotopic (exact) mass is 374 g/mol. The van der Waals surface area contributed by atoms with Crippen LogP contribution in [0.3, 0.4) is 0 Å². The van der Waals surface area contributed by atoms with Gasteiger partial charge in [-0.2, -0.15) is 0 Å². The van der Waals surface area contributed by atoms with Crippen molar-refractivity contribution >= 4 is 73.5 Å². The molecule has 19 heavy (non-hydrogen) atoms. The molecule has 1 heterocycles. The minimum Gasteiger partial charge on any atom is -0.278 e. The third-order valence-corrected chi connectivity index (χ3v) is 6.41. The van der Waals surface area contributed by atoms with Crippen LogP contribution in [0.2, 0.25) is 19.4 Å². The van der Waals surface area contributed by atoms with Crippen molar-refractivity contribution in [2.75, 3.05) is 4.72 Å². The summed E-state index contributed by atoms with van der Waals surface area (Å²) < 4.78 is 26.6. The van der Waals surface area contributed by atoms with Crippen molar-refractivity contribution in [3.8, 4) is 0 Å². The maximum Gasteiger partial charge on any atom is 0.271 e. The predicted molar refractivity (Wildman–Crippen MR) is 80.4 cm³/mol. The fourth-order valence-electron chi connectivity index (χ4n) is 1.16. The zero-order chi connectivity index (χ0) is 14.2. The van der Waals surface area contributed by atoms with Crippen LogP contribution in [0.15, 0.2) is 22.4 Å². The molecule has 0 aliphatic heterocycles. The van der Waals surface area contributed by atoms with E-state index in [0.717, 1.165) is 11.3 Å². The molecular weight excluding hydrogens is 372 g/mol. The molecule has 2 aromatic rings. The van der Waals surface area contributed by atoms with Crippen molar-refractivity contribution in [3.05, 3.63) is 43.7 Å². The molecule has 0 atom stereocenters. The van der Waals surface area contributed by atoms with Crippen molar-refractivity contribution in [1.29, 1.82) is 0 Å². The molecule has 0 fully saturated rings. The van der Waals surface area contributed by atoms with Gasteiger partial charge in [0.1, 0.15) is 8.55 Å². The molecule has 2 rings (SSSR count). The number of benzene rings is 1. The lowest BCUT2D eigenvalue weighted by atomic mass is 10.3. The maximum atomic E-state index is 12.0. The van der Waals surface area contributed by atoms with Crippen molar-refractivity contribution in [1.82, 2.24) is 0 Å². The van der Waals surface area contributed by atoms with Crippen molar-refractivity contribution in [2.45, 2.75) is 4.21 Å². The molecule has 0 saturated heterocycles. The lowest BCUT2D eigenvalue weighted by Gasteiger charge is -2.06. The molecule has 9 heteroatoms. The van der Waals surface area contributed by atoms with E-state index in [1.54, 1.807) is 0 Å². The van der Waals surface area contributed by atoms with Crippen LogP contribution in [-0.2, 0) is 10.0 Å². The van der Waals surface area contributed by atoms with Gasteiger partial charge in [-0.05, 0) is 18.2 Å². The molecule has 0 unspecified atom stereocenters. The minimum absolute atomic E-state index is 0.00183. The van der Waals surface area contributed by atoms with Crippen LogP contribution in [0.1, 0.15) is 0 Å². The van der Waals surface area contributed by atoms with Gasteiger partial charge in [0, 0.05) is 6.07 Å². The van der Waals surface area contributed by atoms with E-state index in [1.165, 1.54) is 18.2 Å². The van der Waals surface area contributed by atoms with E-state index in [-0.39, 0.29) is 29.3 Å². The number of hydrogen-bond donors (Lipinski definition) is 1. The van der Waals surface area contributed by atoms with Crippen molar-refractivity contribution < 1.29 is 8.42 Å². The van der Waals surface area contributed by atoms with Crippen LogP contribution >= 0.6 is 57.7 Å². The number of hydrogen-bond acceptors (Lipinski definition) is 3. The van der Waals surface area contributed by atoms with Gasteiger partial charge in [-0.25, -0.2) is 8.42 Å². The van der Waals surface area contributed by atoms with Gasteiger partial charge in [0.15, 0.2) is 0 Å². The van der Waals surface area contributed by atoms with Crippen LogP contribution < -0.4 is 4.72 Å². The second-order valence-electron chi connectivity index (χ2n) is 3.34. The molecule has 1 radical (unpaired) electrons. The normalized spacial score (nSPS) is 11.6. The summed E-state index contributed by atoms with van der Waals surface area (Å²) in [5.41, 5.74) is 0.176. The van der Waals surface area contributed by atoms with E-state index < -0.39 is 10.0 Å². The van der Waals surface area contributed by atoms with Gasteiger partial charge in [0.2, 0.25) is 0 Å². The SMILES string of the molecule is O=S(=O)(Nc1[c]cc(Cl)c(Cl)c1)c1cc(Cl)c(Cl)s1. The van der Waals surface area contributed by atoms with Gasteiger partial charge in [0.05, 0.1) is 20.8 Å². The maximum absolute atomic E-state index is 12.0. The molecule has 1 N–H and O–H groups in total. The van der Waals surface area contributed by atoms with Crippen molar-refractivity contribution in [2.24, 2.45) is 0 Å². The number of rotatable bonds is 3. The van der Waals surface area contributed by atoms with Crippen LogP contribution in [0.25, 0.3) is 0 Å². The first kappa shape index (κ1) is 15.2. The van der Waals surface area contributed by atoms with E-state index in [9.17, 15) is 8.42 Å². The van der Waals surface area contributed by atoms with Gasteiger partial charge in [0.25, 0.3) is 10.0 Å². The first-order chi connectivity index (χ1) is 8.79. The zero-order valence-electron chi connectivity index (χ0n) is 8.88. The predicted octanol–water partition coefficient (Wildman–Crippen LogP) is 4.96. The van der Waals surface area contributed by atoms with Gasteiger partial charge in [-0.3, -0.25) is 4.72 Å². The second-order valence-corrected chi connectivity index (χ2v) is 8.12. The van der Waals surface area contributed by atoms with E-state index in [1.807, 2.05) is 0 Å². The number of thiophene rings is 1. The highest BCUT2D eigenvalue weighted by Crippen LogP contribution is 2.35. The Morgan fingerprint density at radius 3 is 2.26 bits per heavy atom. The molecular formula is C10H4Cl4NO2S2. The summed E-state index contributed by atoms with van der Waals surface area (Å²) in [6.07, 6.45) is 0. The fraction of sp³-hybridized carbons (Fsp3) is 0. The lowest BCUT2D eigenvalue weighted by molar-refractivity contribution is 0.603. The topological polar surface area (TPSA) is 46.2 Å². The van der Waals surface area contributed by atoms with Gasteiger partial charge in [-0.15, -0.1) is 11.3 Å². The molecule has 1 aromatic carbocycles. The Morgan fingerprint density at radius 2 is 1.74 bits per heavy atom. The molecule has 0 saturated carbocycles. The molecule has 1 aromatic heterocycles. The molecule has 101 valence electrons. The average Bonchev–Trinajstić information content (AvgIpc) is 2.65. The summed E-state index contributed by atoms with van der Waals surface area (Å²) >= 11 is 23.8. The first-order valence-corrected chi connectivity index (χ1v) is 8.45. The van der Waals surface area contributed by atoms with E-state index in [0.29, 0.717) is 0 Å². The Morgan fingerprint density at radius 1 is 1.05 bits per heavy atom. The van der Waals surface area contributed by atoms with Gasteiger partial charge < -0.3 is 0 Å². The highest BCUT2D eigenvalue weighted by atomic mass is 35.5. The zero-order valence-corrected chi connectivity index (χ0v) is 13.5. The summed E-state index contributed by atoms with van der Waals surface area (Å²) in [5, 5.41) is 0.692. The Hall–Kier alpha value is -0.170. The smallest absolute Gasteiger partial charge is 0.271 e. The minimum atomic E-state index is -3.78. The number of sulfonamides is 1. The standard InChI is InChI=1S/C10H4Cl4NO2S2/c11-6-2-1-5(3-7(6)12)15-19(16,17)9-4-8(13)10(14)18-9/h2-4,15H. The highest BCUT2D eigenvalue weighted by molar-refractivity contribution is 7.94. The molecule has 0 amide bonds. The summed E-state index contributed by atoms with van der Waals surface area (Å²) in [6.45, 7) is 0. The summed E-state index contributed by atoms with van der Waals surface area (Å²) in [7, 11) is -3.78. The molecule has 0 aliphatic carbocycles. The largest absolute Gasteiger partial charge is 0.278 e. The fourth-order valence-corrected chi connectivity index (χ4v) is 4.33. The average molecular weight is 376 g/mol. The summed E-state index contributed by atoms with van der Waals surface area (Å²) in [5.74, 6) is 0. The Bertz CT molecular complexity index is 708. The lowest BCUT2D eigenvalue weighted by Crippen LogP contribution is -2.11. The molecule has 0 spiro atoms. The number of halogens is 4. The second kappa shape index (κ2) is 5.68. The Labute approximate surface area is 134 Å². The Balaban J connectivity index is 2.33. The van der Waals surface area contributed by atoms with E-state index in [2.05, 4.69) is 10.8 Å². The van der Waals surface area contributed by atoms with Crippen LogP contribution in [-0.4, -0.2) is 8.42 Å². The summed E-state index contributed by atoms with van der Waals surface area (Å²) in [4.78, 5) is 0. The number of anilines is 1. The quantitative estimate of drug-likeness (QED) is 0.823. The molecule has 0 aliphatic rings. The van der Waals surface area contributed by atoms with E-state index >= 15 is 0 Å². The van der Waals surface area contributed by atoms with Crippen LogP contribution in [0, 0.1) is 6.07 Å².